The molecule has 0 unspecified atom stereocenters. The molecule has 0 aromatic heterocycles. The van der Waals surface area contributed by atoms with Gasteiger partial charge in [0.1, 0.15) is 0 Å². The van der Waals surface area contributed by atoms with Gasteiger partial charge in [-0.2, -0.15) is 0 Å². The van der Waals surface area contributed by atoms with Crippen LogP contribution in [-0.2, 0) is 0 Å². The summed E-state index contributed by atoms with van der Waals surface area (Å²) in [7, 11) is 1.70. The number of oxime groups is 1. The Bertz CT molecular complexity index is 666. The Morgan fingerprint density at radius 3 is 2.14 bits per heavy atom. The zero-order valence-corrected chi connectivity index (χ0v) is 12.9. The van der Waals surface area contributed by atoms with Crippen LogP contribution in [0.1, 0.15) is 15.9 Å². The lowest BCUT2D eigenvalue weighted by atomic mass is 10.1. The maximum atomic E-state index is 12.4. The minimum absolute atomic E-state index is 0.0310. The van der Waals surface area contributed by atoms with E-state index in [1.54, 1.807) is 48.3 Å². The highest BCUT2D eigenvalue weighted by Gasteiger charge is 2.13. The normalized spacial score (nSPS) is 11.2. The smallest absolute Gasteiger partial charge is 0.258 e. The van der Waals surface area contributed by atoms with Crippen LogP contribution in [0.25, 0.3) is 0 Å². The first-order chi connectivity index (χ1) is 10.0. The molecule has 0 saturated carbocycles. The molecule has 0 aliphatic heterocycles. The molecule has 3 N–H and O–H groups in total. The van der Waals surface area contributed by atoms with Crippen molar-refractivity contribution in [3.8, 4) is 0 Å². The molecule has 0 bridgehead atoms. The van der Waals surface area contributed by atoms with Crippen molar-refractivity contribution in [1.29, 1.82) is 0 Å². The molecule has 2 rings (SSSR count). The van der Waals surface area contributed by atoms with E-state index in [0.29, 0.717) is 11.1 Å². The summed E-state index contributed by atoms with van der Waals surface area (Å²) in [6, 6.07) is 14.0. The molecule has 0 spiro atoms. The lowest BCUT2D eigenvalue weighted by molar-refractivity contribution is 0.0993. The fraction of sp³-hybridized carbons (Fsp3) is 0.0667. The fourth-order valence-corrected chi connectivity index (χ4v) is 2.08. The van der Waals surface area contributed by atoms with Crippen LogP contribution in [0.4, 0.5) is 5.69 Å². The first-order valence-corrected chi connectivity index (χ1v) is 6.94. The van der Waals surface area contributed by atoms with Gasteiger partial charge in [0, 0.05) is 28.3 Å². The number of amidine groups is 1. The van der Waals surface area contributed by atoms with Crippen molar-refractivity contribution in [3.63, 3.8) is 0 Å². The molecule has 108 valence electrons. The van der Waals surface area contributed by atoms with E-state index < -0.39 is 0 Å². The number of anilines is 1. The Morgan fingerprint density at radius 2 is 1.62 bits per heavy atom. The van der Waals surface area contributed by atoms with Crippen molar-refractivity contribution in [1.82, 2.24) is 0 Å². The third kappa shape index (κ3) is 3.41. The number of hydrogen-bond acceptors (Lipinski definition) is 3. The molecule has 0 aliphatic rings. The third-order valence-corrected chi connectivity index (χ3v) is 3.58. The van der Waals surface area contributed by atoms with Gasteiger partial charge in [-0.3, -0.25) is 4.79 Å². The predicted molar refractivity (Wildman–Crippen MR) is 85.8 cm³/mol. The molecule has 0 atom stereocenters. The summed E-state index contributed by atoms with van der Waals surface area (Å²) in [5.74, 6) is -0.0810. The summed E-state index contributed by atoms with van der Waals surface area (Å²) in [5.41, 5.74) is 7.41. The monoisotopic (exact) mass is 347 g/mol. The molecule has 2 aromatic carbocycles. The Hall–Kier alpha value is -2.34. The average Bonchev–Trinajstić information content (AvgIpc) is 2.53. The molecule has 5 nitrogen and oxygen atoms in total. The number of carbonyl (C=O) groups excluding carboxylic acids is 1. The van der Waals surface area contributed by atoms with Crippen molar-refractivity contribution < 1.29 is 10.0 Å². The highest BCUT2D eigenvalue weighted by molar-refractivity contribution is 9.10. The van der Waals surface area contributed by atoms with Gasteiger partial charge in [-0.15, -0.1) is 0 Å². The van der Waals surface area contributed by atoms with Gasteiger partial charge in [0.25, 0.3) is 5.91 Å². The van der Waals surface area contributed by atoms with Crippen LogP contribution in [0, 0.1) is 0 Å². The van der Waals surface area contributed by atoms with E-state index in [1.807, 2.05) is 12.1 Å². The molecule has 0 heterocycles. The minimum atomic E-state index is -0.112. The largest absolute Gasteiger partial charge is 0.409 e. The number of halogens is 1. The molecule has 0 radical (unpaired) electrons. The number of carbonyl (C=O) groups is 1. The SMILES string of the molecule is CN(C(=O)c1ccc(Br)cc1)c1ccc(C(N)=NO)cc1. The first-order valence-electron chi connectivity index (χ1n) is 6.14. The summed E-state index contributed by atoms with van der Waals surface area (Å²) in [6.07, 6.45) is 0. The summed E-state index contributed by atoms with van der Waals surface area (Å²) < 4.78 is 0.921. The van der Waals surface area contributed by atoms with Crippen LogP contribution in [0.2, 0.25) is 0 Å². The van der Waals surface area contributed by atoms with Crippen LogP contribution in [0.15, 0.2) is 58.2 Å². The van der Waals surface area contributed by atoms with Gasteiger partial charge in [0.05, 0.1) is 0 Å². The Labute approximate surface area is 130 Å². The van der Waals surface area contributed by atoms with E-state index in [9.17, 15) is 4.79 Å². The van der Waals surface area contributed by atoms with Crippen LogP contribution in [0.5, 0.6) is 0 Å². The van der Waals surface area contributed by atoms with Crippen molar-refractivity contribution >= 4 is 33.4 Å². The molecule has 1 amide bonds. The highest BCUT2D eigenvalue weighted by Crippen LogP contribution is 2.18. The Balaban J connectivity index is 2.21. The number of benzene rings is 2. The van der Waals surface area contributed by atoms with Gasteiger partial charge in [0.15, 0.2) is 5.84 Å². The van der Waals surface area contributed by atoms with Crippen LogP contribution in [-0.4, -0.2) is 24.0 Å². The van der Waals surface area contributed by atoms with Crippen molar-refractivity contribution in [2.75, 3.05) is 11.9 Å². The Kier molecular flexibility index (Phi) is 4.59. The number of nitrogens with two attached hydrogens (primary N) is 1. The standard InChI is InChI=1S/C15H14BrN3O2/c1-19(15(20)11-2-6-12(16)7-3-11)13-8-4-10(5-9-13)14(17)18-21/h2-9,21H,1H3,(H2,17,18). The predicted octanol–water partition coefficient (Wildman–Crippen LogP) is 2.82. The van der Waals surface area contributed by atoms with Crippen molar-refractivity contribution in [2.24, 2.45) is 10.9 Å². The molecule has 0 fully saturated rings. The van der Waals surface area contributed by atoms with Crippen LogP contribution < -0.4 is 10.6 Å². The third-order valence-electron chi connectivity index (χ3n) is 3.05. The van der Waals surface area contributed by atoms with E-state index in [4.69, 9.17) is 10.9 Å². The zero-order valence-electron chi connectivity index (χ0n) is 11.3. The summed E-state index contributed by atoms with van der Waals surface area (Å²) in [6.45, 7) is 0. The Morgan fingerprint density at radius 1 is 1.10 bits per heavy atom. The first kappa shape index (κ1) is 15.1. The van der Waals surface area contributed by atoms with Gasteiger partial charge in [-0.25, -0.2) is 0 Å². The number of rotatable bonds is 3. The zero-order chi connectivity index (χ0) is 15.4. The molecule has 0 saturated heterocycles. The molecule has 6 heteroatoms. The lowest BCUT2D eigenvalue weighted by Gasteiger charge is -2.17. The topological polar surface area (TPSA) is 78.9 Å². The van der Waals surface area contributed by atoms with Crippen molar-refractivity contribution in [3.05, 3.63) is 64.1 Å². The van der Waals surface area contributed by atoms with Gasteiger partial charge < -0.3 is 15.8 Å². The second kappa shape index (κ2) is 6.41. The van der Waals surface area contributed by atoms with Crippen LogP contribution >= 0.6 is 15.9 Å². The molecule has 0 aliphatic carbocycles. The van der Waals surface area contributed by atoms with E-state index >= 15 is 0 Å². The van der Waals surface area contributed by atoms with E-state index in [-0.39, 0.29) is 11.7 Å². The summed E-state index contributed by atoms with van der Waals surface area (Å²) in [5, 5.41) is 11.6. The fourth-order valence-electron chi connectivity index (χ4n) is 1.82. The summed E-state index contributed by atoms with van der Waals surface area (Å²) >= 11 is 3.34. The number of hydrogen-bond donors (Lipinski definition) is 2. The number of amides is 1. The maximum absolute atomic E-state index is 12.4. The maximum Gasteiger partial charge on any atom is 0.258 e. The van der Waals surface area contributed by atoms with E-state index in [1.165, 1.54) is 0 Å². The molecular weight excluding hydrogens is 334 g/mol. The summed E-state index contributed by atoms with van der Waals surface area (Å²) in [4.78, 5) is 13.9. The van der Waals surface area contributed by atoms with Crippen LogP contribution in [0.3, 0.4) is 0 Å². The second-order valence-electron chi connectivity index (χ2n) is 4.40. The number of nitrogens with zero attached hydrogens (tertiary/aromatic N) is 2. The van der Waals surface area contributed by atoms with Gasteiger partial charge in [-0.1, -0.05) is 21.1 Å². The molecule has 21 heavy (non-hydrogen) atoms. The lowest BCUT2D eigenvalue weighted by Crippen LogP contribution is -2.26. The van der Waals surface area contributed by atoms with E-state index in [0.717, 1.165) is 10.2 Å². The minimum Gasteiger partial charge on any atom is -0.409 e. The quantitative estimate of drug-likeness (QED) is 0.387. The average molecular weight is 348 g/mol. The molecular formula is C15H14BrN3O2. The van der Waals surface area contributed by atoms with Gasteiger partial charge in [0.2, 0.25) is 0 Å². The van der Waals surface area contributed by atoms with Crippen molar-refractivity contribution in [2.45, 2.75) is 0 Å². The molecule has 2 aromatic rings. The highest BCUT2D eigenvalue weighted by atomic mass is 79.9. The second-order valence-corrected chi connectivity index (χ2v) is 5.32. The van der Waals surface area contributed by atoms with E-state index in [2.05, 4.69) is 21.1 Å². The van der Waals surface area contributed by atoms with Gasteiger partial charge in [-0.05, 0) is 48.5 Å². The van der Waals surface area contributed by atoms with Gasteiger partial charge >= 0.3 is 0 Å².